The van der Waals surface area contributed by atoms with Gasteiger partial charge in [-0.3, -0.25) is 0 Å². The molecule has 2 aromatic carbocycles. The van der Waals surface area contributed by atoms with E-state index in [1.54, 1.807) is 0 Å². The van der Waals surface area contributed by atoms with Crippen LogP contribution in [0.3, 0.4) is 0 Å². The Morgan fingerprint density at radius 2 is 1.86 bits per heavy atom. The minimum atomic E-state index is 0.485. The zero-order valence-corrected chi connectivity index (χ0v) is 13.4. The number of nitrogens with one attached hydrogen (secondary N) is 1. The first-order valence-corrected chi connectivity index (χ1v) is 7.79. The molecule has 1 aliphatic rings. The summed E-state index contributed by atoms with van der Waals surface area (Å²) in [6.45, 7) is 4.45. The molecule has 0 aromatic heterocycles. The van der Waals surface area contributed by atoms with Crippen molar-refractivity contribution in [3.63, 3.8) is 0 Å². The van der Waals surface area contributed by atoms with Crippen LogP contribution in [-0.2, 0) is 6.42 Å². The molecule has 0 fully saturated rings. The van der Waals surface area contributed by atoms with Crippen molar-refractivity contribution in [1.82, 2.24) is 0 Å². The minimum Gasteiger partial charge on any atom is -0.381 e. The van der Waals surface area contributed by atoms with E-state index in [0.717, 1.165) is 12.8 Å². The number of anilines is 2. The molecule has 1 atom stereocenters. The smallest absolute Gasteiger partial charge is 0.0600 e. The van der Waals surface area contributed by atoms with Gasteiger partial charge in [0.1, 0.15) is 0 Å². The molecule has 2 heteroatoms. The third-order valence-corrected chi connectivity index (χ3v) is 4.41. The Morgan fingerprint density at radius 1 is 1.10 bits per heavy atom. The van der Waals surface area contributed by atoms with Crippen LogP contribution in [0.4, 0.5) is 11.4 Å². The molecule has 0 saturated heterocycles. The number of benzene rings is 2. The number of hydrogen-bond acceptors (Lipinski definition) is 2. The van der Waals surface area contributed by atoms with Crippen LogP contribution in [0.15, 0.2) is 36.4 Å². The van der Waals surface area contributed by atoms with Crippen molar-refractivity contribution >= 4 is 11.4 Å². The van der Waals surface area contributed by atoms with Crippen LogP contribution in [0, 0.1) is 0 Å². The molecular weight excluding hydrogens is 256 g/mol. The fraction of sp³-hybridized carbons (Fsp3) is 0.368. The highest BCUT2D eigenvalue weighted by atomic mass is 15.1. The second kappa shape index (κ2) is 5.44. The van der Waals surface area contributed by atoms with E-state index in [0.29, 0.717) is 6.04 Å². The van der Waals surface area contributed by atoms with Crippen molar-refractivity contribution < 1.29 is 0 Å². The van der Waals surface area contributed by atoms with Gasteiger partial charge in [-0.05, 0) is 54.2 Å². The average Bonchev–Trinajstić information content (AvgIpc) is 2.84. The van der Waals surface area contributed by atoms with Crippen LogP contribution in [0.1, 0.15) is 31.4 Å². The lowest BCUT2D eigenvalue weighted by Crippen LogP contribution is -2.18. The van der Waals surface area contributed by atoms with Crippen molar-refractivity contribution in [2.24, 2.45) is 0 Å². The molecule has 3 rings (SSSR count). The fourth-order valence-electron chi connectivity index (χ4n) is 3.02. The second-order valence-electron chi connectivity index (χ2n) is 6.21. The maximum atomic E-state index is 3.66. The molecular formula is C19H24N2. The molecule has 21 heavy (non-hydrogen) atoms. The Hall–Kier alpha value is -1.96. The van der Waals surface area contributed by atoms with Crippen LogP contribution in [-0.4, -0.2) is 20.1 Å². The largest absolute Gasteiger partial charge is 0.381 e. The summed E-state index contributed by atoms with van der Waals surface area (Å²) in [4.78, 5) is 2.20. The highest BCUT2D eigenvalue weighted by molar-refractivity contribution is 5.85. The molecule has 0 aliphatic heterocycles. The summed E-state index contributed by atoms with van der Waals surface area (Å²) < 4.78 is 0. The lowest BCUT2D eigenvalue weighted by atomic mass is 10.0. The maximum absolute atomic E-state index is 3.66. The monoisotopic (exact) mass is 280 g/mol. The van der Waals surface area contributed by atoms with E-state index in [1.165, 1.54) is 33.6 Å². The van der Waals surface area contributed by atoms with Crippen molar-refractivity contribution in [2.45, 2.75) is 32.7 Å². The van der Waals surface area contributed by atoms with Gasteiger partial charge in [-0.2, -0.15) is 0 Å². The molecule has 2 nitrogen and oxygen atoms in total. The summed E-state index contributed by atoms with van der Waals surface area (Å²) in [5.74, 6) is 0. The van der Waals surface area contributed by atoms with Crippen molar-refractivity contribution in [3.8, 4) is 11.1 Å². The Balaban J connectivity index is 2.09. The summed E-state index contributed by atoms with van der Waals surface area (Å²) >= 11 is 0. The first kappa shape index (κ1) is 14.0. The molecule has 0 radical (unpaired) electrons. The number of nitrogens with zero attached hydrogens (tertiary/aromatic N) is 1. The highest BCUT2D eigenvalue weighted by Gasteiger charge is 2.21. The Kier molecular flexibility index (Phi) is 3.62. The van der Waals surface area contributed by atoms with Crippen molar-refractivity contribution in [1.29, 1.82) is 0 Å². The zero-order chi connectivity index (χ0) is 15.0. The average molecular weight is 280 g/mol. The normalized spacial score (nSPS) is 13.5. The summed E-state index contributed by atoms with van der Waals surface area (Å²) in [7, 11) is 4.23. The number of hydrogen-bond donors (Lipinski definition) is 1. The summed E-state index contributed by atoms with van der Waals surface area (Å²) in [5.41, 5.74) is 8.19. The van der Waals surface area contributed by atoms with Gasteiger partial charge in [0, 0.05) is 20.1 Å². The van der Waals surface area contributed by atoms with E-state index in [4.69, 9.17) is 0 Å². The van der Waals surface area contributed by atoms with E-state index in [9.17, 15) is 0 Å². The van der Waals surface area contributed by atoms with E-state index < -0.39 is 0 Å². The highest BCUT2D eigenvalue weighted by Crippen LogP contribution is 2.41. The predicted octanol–water partition coefficient (Wildman–Crippen LogP) is 4.53. The molecule has 2 aromatic rings. The molecule has 0 heterocycles. The van der Waals surface area contributed by atoms with Gasteiger partial charge in [0.05, 0.1) is 11.4 Å². The third-order valence-electron chi connectivity index (χ3n) is 4.41. The van der Waals surface area contributed by atoms with Gasteiger partial charge < -0.3 is 10.2 Å². The van der Waals surface area contributed by atoms with E-state index in [-0.39, 0.29) is 0 Å². The maximum Gasteiger partial charge on any atom is 0.0600 e. The molecule has 1 N–H and O–H groups in total. The lowest BCUT2D eigenvalue weighted by Gasteiger charge is -2.23. The topological polar surface area (TPSA) is 15.3 Å². The third kappa shape index (κ3) is 2.51. The second-order valence-corrected chi connectivity index (χ2v) is 6.21. The number of rotatable bonds is 4. The summed E-state index contributed by atoms with van der Waals surface area (Å²) in [5, 5.41) is 3.66. The van der Waals surface area contributed by atoms with Gasteiger partial charge in [-0.15, -0.1) is 0 Å². The van der Waals surface area contributed by atoms with Gasteiger partial charge >= 0.3 is 0 Å². The fourth-order valence-corrected chi connectivity index (χ4v) is 3.02. The predicted molar refractivity (Wildman–Crippen MR) is 92.4 cm³/mol. The quantitative estimate of drug-likeness (QED) is 0.755. The zero-order valence-electron chi connectivity index (χ0n) is 13.4. The Bertz CT molecular complexity index is 659. The van der Waals surface area contributed by atoms with Gasteiger partial charge in [-0.25, -0.2) is 0 Å². The Labute approximate surface area is 127 Å². The first-order valence-electron chi connectivity index (χ1n) is 7.79. The van der Waals surface area contributed by atoms with Crippen LogP contribution in [0.5, 0.6) is 0 Å². The van der Waals surface area contributed by atoms with Gasteiger partial charge in [0.2, 0.25) is 0 Å². The molecule has 1 unspecified atom stereocenters. The van der Waals surface area contributed by atoms with Gasteiger partial charge in [0.15, 0.2) is 0 Å². The number of fused-ring (bicyclic) bond motifs is 3. The van der Waals surface area contributed by atoms with Crippen LogP contribution < -0.4 is 10.2 Å². The summed E-state index contributed by atoms with van der Waals surface area (Å²) in [6.07, 6.45) is 2.18. The van der Waals surface area contributed by atoms with E-state index in [1.807, 2.05) is 0 Å². The van der Waals surface area contributed by atoms with E-state index in [2.05, 4.69) is 74.6 Å². The Morgan fingerprint density at radius 3 is 2.57 bits per heavy atom. The molecule has 110 valence electrons. The van der Waals surface area contributed by atoms with Crippen molar-refractivity contribution in [3.05, 3.63) is 47.5 Å². The van der Waals surface area contributed by atoms with Gasteiger partial charge in [0.25, 0.3) is 0 Å². The standard InChI is InChI=1S/C19H24N2/c1-5-13(2)20-18-12-17-15(11-19(18)21(3)4)10-14-8-6-7-9-16(14)17/h6-9,11-13,20H,5,10H2,1-4H3. The van der Waals surface area contributed by atoms with Gasteiger partial charge in [-0.1, -0.05) is 31.2 Å². The first-order chi connectivity index (χ1) is 10.1. The molecule has 0 bridgehead atoms. The summed E-state index contributed by atoms with van der Waals surface area (Å²) in [6, 6.07) is 13.9. The molecule has 0 saturated carbocycles. The van der Waals surface area contributed by atoms with Crippen molar-refractivity contribution in [2.75, 3.05) is 24.3 Å². The molecule has 1 aliphatic carbocycles. The molecule has 0 amide bonds. The van der Waals surface area contributed by atoms with Crippen LogP contribution in [0.2, 0.25) is 0 Å². The van der Waals surface area contributed by atoms with E-state index >= 15 is 0 Å². The minimum absolute atomic E-state index is 0.485. The molecule has 0 spiro atoms. The van der Waals surface area contributed by atoms with Crippen LogP contribution in [0.25, 0.3) is 11.1 Å². The SMILES string of the molecule is CCC(C)Nc1cc2c(cc1N(C)C)Cc1ccccc1-2. The lowest BCUT2D eigenvalue weighted by molar-refractivity contribution is 0.763. The van der Waals surface area contributed by atoms with Crippen LogP contribution >= 0.6 is 0 Å².